The Morgan fingerprint density at radius 2 is 1.77 bits per heavy atom. The molecule has 0 saturated carbocycles. The molecule has 0 saturated heterocycles. The van der Waals surface area contributed by atoms with Gasteiger partial charge < -0.3 is 5.11 Å². The van der Waals surface area contributed by atoms with Gasteiger partial charge in [-0.25, -0.2) is 0 Å². The van der Waals surface area contributed by atoms with Crippen LogP contribution in [0.1, 0.15) is 25.0 Å². The van der Waals surface area contributed by atoms with Crippen molar-refractivity contribution in [1.82, 2.24) is 0 Å². The van der Waals surface area contributed by atoms with Crippen molar-refractivity contribution in [3.63, 3.8) is 0 Å². The second-order valence-electron chi connectivity index (χ2n) is 2.62. The third-order valence-corrected chi connectivity index (χ3v) is 1.98. The Morgan fingerprint density at radius 3 is 2.15 bits per heavy atom. The third-order valence-electron chi connectivity index (χ3n) is 1.98. The largest absolute Gasteiger partial charge is 0.508 e. The van der Waals surface area contributed by atoms with E-state index in [0.717, 1.165) is 18.4 Å². The second-order valence-corrected chi connectivity index (χ2v) is 2.62. The summed E-state index contributed by atoms with van der Waals surface area (Å²) >= 11 is 0. The summed E-state index contributed by atoms with van der Waals surface area (Å²) in [6, 6.07) is 5.71. The molecule has 1 N–H and O–H groups in total. The van der Waals surface area contributed by atoms with Crippen molar-refractivity contribution in [1.29, 1.82) is 0 Å². The van der Waals surface area contributed by atoms with Crippen LogP contribution < -0.4 is 0 Å². The van der Waals surface area contributed by atoms with Crippen LogP contribution in [0.2, 0.25) is 0 Å². The summed E-state index contributed by atoms with van der Waals surface area (Å²) in [5.41, 5.74) is 2.35. The molecule has 63 valence electrons. The van der Waals surface area contributed by atoms with Gasteiger partial charge in [-0.1, -0.05) is 26.0 Å². The minimum atomic E-state index is 0. The van der Waals surface area contributed by atoms with E-state index in [0.29, 0.717) is 5.75 Å². The van der Waals surface area contributed by atoms with E-state index in [4.69, 9.17) is 0 Å². The minimum absolute atomic E-state index is 0. The van der Waals surface area contributed by atoms with Gasteiger partial charge in [-0.15, -0.1) is 0 Å². The fourth-order valence-electron chi connectivity index (χ4n) is 1.36. The predicted molar refractivity (Wildman–Crippen MR) is 58.4 cm³/mol. The van der Waals surface area contributed by atoms with Crippen molar-refractivity contribution >= 4 is 67.3 Å². The first-order valence-electron chi connectivity index (χ1n) is 4.09. The fourth-order valence-corrected chi connectivity index (χ4v) is 1.36. The van der Waals surface area contributed by atoms with E-state index in [1.165, 1.54) is 5.56 Å². The predicted octanol–water partition coefficient (Wildman–Crippen LogP) is 1.76. The molecule has 0 fully saturated rings. The number of aromatic hydroxyl groups is 1. The molecular formula is C10H14CaNaO. The van der Waals surface area contributed by atoms with Crippen molar-refractivity contribution in [2.45, 2.75) is 26.7 Å². The van der Waals surface area contributed by atoms with Crippen molar-refractivity contribution in [3.8, 4) is 5.75 Å². The van der Waals surface area contributed by atoms with Gasteiger partial charge in [0.15, 0.2) is 0 Å². The summed E-state index contributed by atoms with van der Waals surface area (Å²) in [6.45, 7) is 4.17. The Bertz CT molecular complexity index is 251. The number of aryl methyl sites for hydroxylation is 1. The molecule has 0 heterocycles. The molecule has 1 aromatic carbocycles. The maximum atomic E-state index is 9.42. The van der Waals surface area contributed by atoms with Crippen LogP contribution in [-0.2, 0) is 12.8 Å². The molecule has 0 amide bonds. The van der Waals surface area contributed by atoms with Gasteiger partial charge in [0.05, 0.1) is 0 Å². The SMILES string of the molecule is CCc1cccc(O)c1CC.[Ca].[Na]. The Balaban J connectivity index is 0. The quantitative estimate of drug-likeness (QED) is 0.742. The van der Waals surface area contributed by atoms with Gasteiger partial charge in [0, 0.05) is 67.3 Å². The Labute approximate surface area is 132 Å². The fraction of sp³-hybridized carbons (Fsp3) is 0.400. The average Bonchev–Trinajstić information content (AvgIpc) is 2.04. The molecular weight excluding hydrogens is 199 g/mol. The Hall–Kier alpha value is 1.28. The molecule has 0 spiro atoms. The summed E-state index contributed by atoms with van der Waals surface area (Å²) in [5, 5.41) is 9.42. The number of benzene rings is 1. The van der Waals surface area contributed by atoms with Crippen LogP contribution >= 0.6 is 0 Å². The van der Waals surface area contributed by atoms with Crippen molar-refractivity contribution < 1.29 is 5.11 Å². The van der Waals surface area contributed by atoms with Crippen molar-refractivity contribution in [2.75, 3.05) is 0 Å². The van der Waals surface area contributed by atoms with E-state index in [-0.39, 0.29) is 67.3 Å². The second kappa shape index (κ2) is 8.58. The molecule has 13 heavy (non-hydrogen) atoms. The van der Waals surface area contributed by atoms with Crippen LogP contribution in [0.25, 0.3) is 0 Å². The molecule has 3 heteroatoms. The van der Waals surface area contributed by atoms with E-state index in [9.17, 15) is 5.11 Å². The molecule has 0 atom stereocenters. The van der Waals surface area contributed by atoms with Gasteiger partial charge in [0.2, 0.25) is 0 Å². The molecule has 0 aliphatic rings. The first-order valence-corrected chi connectivity index (χ1v) is 4.09. The van der Waals surface area contributed by atoms with Gasteiger partial charge in [0.25, 0.3) is 0 Å². The molecule has 0 unspecified atom stereocenters. The van der Waals surface area contributed by atoms with Crippen LogP contribution in [0.4, 0.5) is 0 Å². The van der Waals surface area contributed by atoms with E-state index in [2.05, 4.69) is 19.9 Å². The van der Waals surface area contributed by atoms with Crippen LogP contribution in [0.15, 0.2) is 18.2 Å². The molecule has 3 radical (unpaired) electrons. The van der Waals surface area contributed by atoms with Crippen molar-refractivity contribution in [3.05, 3.63) is 29.3 Å². The number of rotatable bonds is 2. The van der Waals surface area contributed by atoms with Crippen LogP contribution in [-0.4, -0.2) is 72.4 Å². The van der Waals surface area contributed by atoms with E-state index in [1.54, 1.807) is 6.07 Å². The summed E-state index contributed by atoms with van der Waals surface area (Å²) in [5.74, 6) is 0.437. The molecule has 0 aliphatic heterocycles. The molecule has 0 aliphatic carbocycles. The number of phenolic OH excluding ortho intramolecular Hbond substituents is 1. The number of hydrogen-bond acceptors (Lipinski definition) is 1. The van der Waals surface area contributed by atoms with E-state index < -0.39 is 0 Å². The average molecular weight is 213 g/mol. The molecule has 0 bridgehead atoms. The molecule has 1 aromatic rings. The summed E-state index contributed by atoms with van der Waals surface area (Å²) in [7, 11) is 0. The van der Waals surface area contributed by atoms with Gasteiger partial charge >= 0.3 is 0 Å². The topological polar surface area (TPSA) is 20.2 Å². The van der Waals surface area contributed by atoms with Gasteiger partial charge in [-0.3, -0.25) is 0 Å². The van der Waals surface area contributed by atoms with E-state index >= 15 is 0 Å². The Kier molecular flexibility index (Phi) is 11.0. The summed E-state index contributed by atoms with van der Waals surface area (Å²) in [6.07, 6.45) is 1.91. The molecule has 0 aromatic heterocycles. The van der Waals surface area contributed by atoms with Gasteiger partial charge in [-0.2, -0.15) is 0 Å². The van der Waals surface area contributed by atoms with Crippen LogP contribution in [0, 0.1) is 0 Å². The summed E-state index contributed by atoms with van der Waals surface area (Å²) in [4.78, 5) is 0. The Morgan fingerprint density at radius 1 is 1.15 bits per heavy atom. The number of phenols is 1. The third kappa shape index (κ3) is 4.55. The minimum Gasteiger partial charge on any atom is -0.508 e. The van der Waals surface area contributed by atoms with Crippen molar-refractivity contribution in [2.24, 2.45) is 0 Å². The maximum absolute atomic E-state index is 9.42. The van der Waals surface area contributed by atoms with Gasteiger partial charge in [-0.05, 0) is 30.0 Å². The van der Waals surface area contributed by atoms with Crippen LogP contribution in [0.3, 0.4) is 0 Å². The summed E-state index contributed by atoms with van der Waals surface area (Å²) < 4.78 is 0. The normalized spacial score (nSPS) is 8.46. The zero-order valence-electron chi connectivity index (χ0n) is 8.80. The number of hydrogen-bond donors (Lipinski definition) is 1. The van der Waals surface area contributed by atoms with Gasteiger partial charge in [0.1, 0.15) is 5.75 Å². The maximum Gasteiger partial charge on any atom is 0.119 e. The zero-order chi connectivity index (χ0) is 8.27. The van der Waals surface area contributed by atoms with E-state index in [1.807, 2.05) is 6.07 Å². The smallest absolute Gasteiger partial charge is 0.119 e. The molecule has 1 nitrogen and oxygen atoms in total. The van der Waals surface area contributed by atoms with Crippen LogP contribution in [0.5, 0.6) is 5.75 Å². The standard InChI is InChI=1S/C10H14O.Ca.Na/c1-3-8-6-5-7-10(11)9(8)4-2;;/h5-7,11H,3-4H2,1-2H3;;. The monoisotopic (exact) mass is 213 g/mol. The first kappa shape index (κ1) is 16.7. The zero-order valence-corrected chi connectivity index (χ0v) is 13.0. The first-order chi connectivity index (χ1) is 5.29. The molecule has 1 rings (SSSR count).